The molecule has 0 aliphatic heterocycles. The molecule has 2 aromatic rings. The first kappa shape index (κ1) is 17.8. The van der Waals surface area contributed by atoms with Crippen LogP contribution in [-0.2, 0) is 13.5 Å². The number of carbonyl (C=O) groups is 1. The van der Waals surface area contributed by atoms with Crippen LogP contribution in [0.4, 0.5) is 18.0 Å². The van der Waals surface area contributed by atoms with Crippen molar-refractivity contribution in [3.63, 3.8) is 0 Å². The summed E-state index contributed by atoms with van der Waals surface area (Å²) in [5, 5.41) is 8.47. The molecule has 130 valence electrons. The van der Waals surface area contributed by atoms with E-state index in [1.807, 2.05) is 5.32 Å². The Balaban J connectivity index is 1.99. The zero-order valence-electron chi connectivity index (χ0n) is 13.3. The Morgan fingerprint density at radius 3 is 2.46 bits per heavy atom. The smallest absolute Gasteiger partial charge is 0.332 e. The van der Waals surface area contributed by atoms with Gasteiger partial charge in [0.25, 0.3) is 0 Å². The molecule has 8 heteroatoms. The number of aryl methyl sites for hydroxylation is 1. The van der Waals surface area contributed by atoms with Crippen molar-refractivity contribution < 1.29 is 18.0 Å². The van der Waals surface area contributed by atoms with Crippen LogP contribution in [0.5, 0.6) is 0 Å². The predicted octanol–water partition coefficient (Wildman–Crippen LogP) is 2.95. The number of rotatable bonds is 5. The molecular formula is C16H19F3N4O. The maximum absolute atomic E-state index is 13.2. The molecule has 0 bridgehead atoms. The summed E-state index contributed by atoms with van der Waals surface area (Å²) in [4.78, 5) is 11.9. The lowest BCUT2D eigenvalue weighted by Gasteiger charge is -2.23. The lowest BCUT2D eigenvalue weighted by Crippen LogP contribution is -2.50. The number of aromatic nitrogens is 2. The van der Waals surface area contributed by atoms with Crippen molar-refractivity contribution in [3.05, 3.63) is 53.9 Å². The lowest BCUT2D eigenvalue weighted by atomic mass is 10.1. The molecule has 2 amide bonds. The van der Waals surface area contributed by atoms with Gasteiger partial charge in [0.05, 0.1) is 12.2 Å². The van der Waals surface area contributed by atoms with E-state index in [1.54, 1.807) is 61.4 Å². The van der Waals surface area contributed by atoms with E-state index in [1.165, 1.54) is 0 Å². The van der Waals surface area contributed by atoms with Gasteiger partial charge in [0, 0.05) is 25.2 Å². The Labute approximate surface area is 137 Å². The highest BCUT2D eigenvalue weighted by molar-refractivity contribution is 5.74. The summed E-state index contributed by atoms with van der Waals surface area (Å²) in [6.07, 6.45) is -1.62. The first-order valence-corrected chi connectivity index (χ1v) is 7.42. The summed E-state index contributed by atoms with van der Waals surface area (Å²) in [6.45, 7) is 1.68. The van der Waals surface area contributed by atoms with Crippen LogP contribution < -0.4 is 10.6 Å². The van der Waals surface area contributed by atoms with Gasteiger partial charge in [-0.3, -0.25) is 4.68 Å². The van der Waals surface area contributed by atoms with Crippen LogP contribution in [0, 0.1) is 0 Å². The summed E-state index contributed by atoms with van der Waals surface area (Å²) in [6, 6.07) is 4.95. The zero-order chi connectivity index (χ0) is 17.7. The highest BCUT2D eigenvalue weighted by Crippen LogP contribution is 2.23. The summed E-state index contributed by atoms with van der Waals surface area (Å²) >= 11 is 0. The van der Waals surface area contributed by atoms with Crippen LogP contribution in [0.25, 0.3) is 0 Å². The number of hydrogen-bond donors (Lipinski definition) is 2. The van der Waals surface area contributed by atoms with Crippen molar-refractivity contribution in [1.82, 2.24) is 20.4 Å². The lowest BCUT2D eigenvalue weighted by molar-refractivity contribution is -0.152. The Morgan fingerprint density at radius 1 is 1.25 bits per heavy atom. The van der Waals surface area contributed by atoms with Gasteiger partial charge in [-0.25, -0.2) is 4.79 Å². The van der Waals surface area contributed by atoms with Gasteiger partial charge < -0.3 is 10.6 Å². The van der Waals surface area contributed by atoms with E-state index in [0.717, 1.165) is 0 Å². The van der Waals surface area contributed by atoms with Gasteiger partial charge in [0.2, 0.25) is 0 Å². The SMILES string of the molecule is C[C@H](NC(=O)N[C@@H](Cc1ccccc1)C(F)(F)F)c1cnn(C)c1. The number of alkyl halides is 3. The topological polar surface area (TPSA) is 59.0 Å². The van der Waals surface area contributed by atoms with Crippen molar-refractivity contribution in [3.8, 4) is 0 Å². The standard InChI is InChI=1S/C16H19F3N4O/c1-11(13-9-20-23(2)10-13)21-15(24)22-14(16(17,18)19)8-12-6-4-3-5-7-12/h3-7,9-11,14H,8H2,1-2H3,(H2,21,22,24)/t11-,14-/m0/s1. The minimum absolute atomic E-state index is 0.320. The second-order valence-electron chi connectivity index (χ2n) is 5.57. The Kier molecular flexibility index (Phi) is 5.48. The van der Waals surface area contributed by atoms with Crippen LogP contribution >= 0.6 is 0 Å². The van der Waals surface area contributed by atoms with Crippen molar-refractivity contribution >= 4 is 6.03 Å². The van der Waals surface area contributed by atoms with Crippen LogP contribution in [0.3, 0.4) is 0 Å². The fourth-order valence-corrected chi connectivity index (χ4v) is 2.24. The Bertz CT molecular complexity index is 669. The monoisotopic (exact) mass is 340 g/mol. The second-order valence-corrected chi connectivity index (χ2v) is 5.57. The molecule has 0 spiro atoms. The Hall–Kier alpha value is -2.51. The van der Waals surface area contributed by atoms with Crippen LogP contribution in [0.15, 0.2) is 42.7 Å². The van der Waals surface area contributed by atoms with Crippen molar-refractivity contribution in [2.75, 3.05) is 0 Å². The summed E-state index contributed by atoms with van der Waals surface area (Å²) in [7, 11) is 1.72. The first-order valence-electron chi connectivity index (χ1n) is 7.42. The molecule has 2 N–H and O–H groups in total. The fraction of sp³-hybridized carbons (Fsp3) is 0.375. The average Bonchev–Trinajstić information content (AvgIpc) is 2.93. The molecule has 2 rings (SSSR count). The highest BCUT2D eigenvalue weighted by atomic mass is 19.4. The van der Waals surface area contributed by atoms with E-state index < -0.39 is 24.3 Å². The number of benzene rings is 1. The molecule has 0 aliphatic carbocycles. The highest BCUT2D eigenvalue weighted by Gasteiger charge is 2.40. The molecule has 1 aromatic carbocycles. The zero-order valence-corrected chi connectivity index (χ0v) is 13.3. The molecule has 24 heavy (non-hydrogen) atoms. The van der Waals surface area contributed by atoms with Gasteiger partial charge in [-0.15, -0.1) is 0 Å². The molecule has 0 saturated carbocycles. The fourth-order valence-electron chi connectivity index (χ4n) is 2.24. The van der Waals surface area contributed by atoms with Gasteiger partial charge in [-0.05, 0) is 12.5 Å². The average molecular weight is 340 g/mol. The van der Waals surface area contributed by atoms with E-state index in [0.29, 0.717) is 11.1 Å². The van der Waals surface area contributed by atoms with Gasteiger partial charge in [-0.2, -0.15) is 18.3 Å². The number of carbonyl (C=O) groups excluding carboxylic acids is 1. The molecule has 5 nitrogen and oxygen atoms in total. The molecule has 0 fully saturated rings. The third-order valence-electron chi connectivity index (χ3n) is 3.56. The molecule has 0 aliphatic rings. The molecule has 0 saturated heterocycles. The van der Waals surface area contributed by atoms with E-state index in [9.17, 15) is 18.0 Å². The van der Waals surface area contributed by atoms with Crippen LogP contribution in [0.1, 0.15) is 24.1 Å². The molecule has 1 aromatic heterocycles. The number of nitrogens with zero attached hydrogens (tertiary/aromatic N) is 2. The molecule has 0 unspecified atom stereocenters. The number of hydrogen-bond acceptors (Lipinski definition) is 2. The molecule has 1 heterocycles. The number of urea groups is 1. The molecular weight excluding hydrogens is 321 g/mol. The number of amides is 2. The van der Waals surface area contributed by atoms with Crippen molar-refractivity contribution in [2.45, 2.75) is 31.6 Å². The van der Waals surface area contributed by atoms with Crippen LogP contribution in [-0.4, -0.2) is 28.0 Å². The summed E-state index contributed by atoms with van der Waals surface area (Å²) < 4.78 is 41.1. The second kappa shape index (κ2) is 7.37. The third kappa shape index (κ3) is 5.00. The quantitative estimate of drug-likeness (QED) is 0.879. The van der Waals surface area contributed by atoms with Gasteiger partial charge >= 0.3 is 12.2 Å². The summed E-state index contributed by atoms with van der Waals surface area (Å²) in [5.41, 5.74) is 1.21. The molecule has 2 atom stereocenters. The van der Waals surface area contributed by atoms with E-state index in [2.05, 4.69) is 10.4 Å². The maximum Gasteiger partial charge on any atom is 0.408 e. The molecule has 0 radical (unpaired) electrons. The predicted molar refractivity (Wildman–Crippen MR) is 83.3 cm³/mol. The van der Waals surface area contributed by atoms with E-state index in [4.69, 9.17) is 0 Å². The van der Waals surface area contributed by atoms with E-state index >= 15 is 0 Å². The summed E-state index contributed by atoms with van der Waals surface area (Å²) in [5.74, 6) is 0. The van der Waals surface area contributed by atoms with Crippen molar-refractivity contribution in [2.24, 2.45) is 7.05 Å². The van der Waals surface area contributed by atoms with Gasteiger partial charge in [0.1, 0.15) is 6.04 Å². The van der Waals surface area contributed by atoms with E-state index in [-0.39, 0.29) is 6.42 Å². The maximum atomic E-state index is 13.2. The Morgan fingerprint density at radius 2 is 1.92 bits per heavy atom. The minimum Gasteiger partial charge on any atom is -0.332 e. The largest absolute Gasteiger partial charge is 0.408 e. The third-order valence-corrected chi connectivity index (χ3v) is 3.56. The minimum atomic E-state index is -4.54. The van der Waals surface area contributed by atoms with Crippen LogP contribution in [0.2, 0.25) is 0 Å². The number of nitrogens with one attached hydrogen (secondary N) is 2. The van der Waals surface area contributed by atoms with Crippen molar-refractivity contribution in [1.29, 1.82) is 0 Å². The number of halogens is 3. The first-order chi connectivity index (χ1) is 11.3. The van der Waals surface area contributed by atoms with Gasteiger partial charge in [-0.1, -0.05) is 30.3 Å². The normalized spacial score (nSPS) is 14.0. The van der Waals surface area contributed by atoms with Gasteiger partial charge in [0.15, 0.2) is 0 Å².